The number of ether oxygens (including phenoxy) is 3. The van der Waals surface area contributed by atoms with Crippen LogP contribution < -0.4 is 10.1 Å². The lowest BCUT2D eigenvalue weighted by atomic mass is 9.98. The third kappa shape index (κ3) is 5.25. The quantitative estimate of drug-likeness (QED) is 0.355. The highest BCUT2D eigenvalue weighted by molar-refractivity contribution is 6.33. The number of hydrogen-bond donors (Lipinski definition) is 4. The molecule has 194 valence electrons. The zero-order chi connectivity index (χ0) is 25.6. The first kappa shape index (κ1) is 25.1. The fourth-order valence-corrected chi connectivity index (χ4v) is 4.57. The van der Waals surface area contributed by atoms with Crippen LogP contribution in [-0.4, -0.2) is 68.4 Å². The summed E-state index contributed by atoms with van der Waals surface area (Å²) >= 11 is 6.33. The molecule has 0 saturated carbocycles. The van der Waals surface area contributed by atoms with Gasteiger partial charge in [-0.1, -0.05) is 11.6 Å². The maximum absolute atomic E-state index is 14.6. The summed E-state index contributed by atoms with van der Waals surface area (Å²) < 4.78 is 46.2. The van der Waals surface area contributed by atoms with Crippen molar-refractivity contribution in [1.29, 1.82) is 0 Å². The Kier molecular flexibility index (Phi) is 6.77. The highest BCUT2D eigenvalue weighted by Gasteiger charge is 2.48. The molecule has 5 rings (SSSR count). The number of hydrogen-bond acceptors (Lipinski definition) is 8. The fraction of sp³-hybridized carbons (Fsp3) is 0.500. The fourth-order valence-electron chi connectivity index (χ4n) is 4.35. The van der Waals surface area contributed by atoms with E-state index in [0.29, 0.717) is 29.6 Å². The zero-order valence-electron chi connectivity index (χ0n) is 19.7. The summed E-state index contributed by atoms with van der Waals surface area (Å²) in [6, 6.07) is 4.31. The average Bonchev–Trinajstić information content (AvgIpc) is 3.48. The molecular weight excluding hydrogens is 498 g/mol. The van der Waals surface area contributed by atoms with Gasteiger partial charge in [0.1, 0.15) is 35.8 Å². The van der Waals surface area contributed by atoms with Crippen molar-refractivity contribution in [3.8, 4) is 6.01 Å². The second-order valence-electron chi connectivity index (χ2n) is 9.76. The third-order valence-corrected chi connectivity index (χ3v) is 6.60. The largest absolute Gasteiger partial charge is 0.456 e. The Bertz CT molecular complexity index is 1240. The van der Waals surface area contributed by atoms with E-state index in [-0.39, 0.29) is 42.2 Å². The summed E-state index contributed by atoms with van der Waals surface area (Å²) in [6.07, 6.45) is -1.24. The van der Waals surface area contributed by atoms with Crippen LogP contribution in [0.3, 0.4) is 0 Å². The number of aryl methyl sites for hydroxylation is 1. The van der Waals surface area contributed by atoms with E-state index < -0.39 is 41.7 Å². The maximum Gasteiger partial charge on any atom is 0.296 e. The number of anilines is 1. The van der Waals surface area contributed by atoms with E-state index in [2.05, 4.69) is 20.3 Å². The predicted molar refractivity (Wildman–Crippen MR) is 127 cm³/mol. The zero-order valence-corrected chi connectivity index (χ0v) is 20.5. The molecule has 2 aliphatic rings. The number of aliphatic hydroxyl groups excluding tert-OH is 1. The maximum atomic E-state index is 14.6. The number of fused-ring (bicyclic) bond motifs is 2. The van der Waals surface area contributed by atoms with Crippen LogP contribution in [0.5, 0.6) is 6.01 Å². The number of nitrogens with zero attached hydrogens (tertiary/aromatic N) is 2. The molecule has 9 nitrogen and oxygen atoms in total. The Balaban J connectivity index is 1.27. The second-order valence-corrected chi connectivity index (χ2v) is 10.2. The topological polar surface area (TPSA) is 122 Å². The molecule has 2 saturated heterocycles. The number of imidazole rings is 1. The minimum absolute atomic E-state index is 0.152. The highest BCUT2D eigenvalue weighted by Crippen LogP contribution is 2.31. The molecule has 3 aromatic rings. The van der Waals surface area contributed by atoms with Gasteiger partial charge in [-0.15, -0.1) is 0 Å². The minimum atomic E-state index is -0.925. The van der Waals surface area contributed by atoms with E-state index in [1.165, 1.54) is 12.1 Å². The number of aliphatic hydroxyl groups is 2. The van der Waals surface area contributed by atoms with Gasteiger partial charge in [-0.2, -0.15) is 4.98 Å². The Hall–Kier alpha value is -2.57. The third-order valence-electron chi connectivity index (χ3n) is 6.31. The Morgan fingerprint density at radius 2 is 1.89 bits per heavy atom. The van der Waals surface area contributed by atoms with E-state index >= 15 is 0 Å². The van der Waals surface area contributed by atoms with Crippen LogP contribution in [0.4, 0.5) is 14.6 Å². The molecule has 4 atom stereocenters. The molecule has 0 spiro atoms. The van der Waals surface area contributed by atoms with Crippen molar-refractivity contribution in [2.24, 2.45) is 0 Å². The van der Waals surface area contributed by atoms with E-state index in [0.717, 1.165) is 0 Å². The van der Waals surface area contributed by atoms with Crippen LogP contribution in [-0.2, 0) is 22.4 Å². The van der Waals surface area contributed by atoms with Crippen molar-refractivity contribution in [1.82, 2.24) is 15.0 Å². The van der Waals surface area contributed by atoms with Gasteiger partial charge >= 0.3 is 0 Å². The molecule has 36 heavy (non-hydrogen) atoms. The van der Waals surface area contributed by atoms with Crippen molar-refractivity contribution in [2.45, 2.75) is 63.3 Å². The lowest BCUT2D eigenvalue weighted by Gasteiger charge is -2.17. The summed E-state index contributed by atoms with van der Waals surface area (Å²) in [7, 11) is 0. The average molecular weight is 525 g/mol. The van der Waals surface area contributed by atoms with Gasteiger partial charge in [0.25, 0.3) is 6.01 Å². The first-order valence-corrected chi connectivity index (χ1v) is 12.0. The first-order chi connectivity index (χ1) is 17.1. The Labute approximate surface area is 210 Å². The van der Waals surface area contributed by atoms with Crippen molar-refractivity contribution < 1.29 is 33.2 Å². The smallest absolute Gasteiger partial charge is 0.296 e. The SMILES string of the molecule is CC(C)(O)CCc1cc(F)c(CNc2nc3nc(O[C@@H]4CO[C@H]5[C@@H]4OC[C@H]5O)[nH]c3cc2Cl)c(F)c1. The van der Waals surface area contributed by atoms with Gasteiger partial charge in [-0.05, 0) is 50.5 Å². The van der Waals surface area contributed by atoms with Gasteiger partial charge in [0.05, 0.1) is 29.4 Å². The molecule has 0 amide bonds. The molecule has 2 aromatic heterocycles. The minimum Gasteiger partial charge on any atom is -0.456 e. The van der Waals surface area contributed by atoms with Crippen molar-refractivity contribution in [2.75, 3.05) is 18.5 Å². The molecule has 0 bridgehead atoms. The van der Waals surface area contributed by atoms with Crippen molar-refractivity contribution >= 4 is 28.6 Å². The number of nitrogens with one attached hydrogen (secondary N) is 2. The molecule has 1 aromatic carbocycles. The molecular formula is C24H27ClF2N4O5. The Morgan fingerprint density at radius 1 is 1.17 bits per heavy atom. The van der Waals surface area contributed by atoms with Crippen molar-refractivity contribution in [3.63, 3.8) is 0 Å². The summed E-state index contributed by atoms with van der Waals surface area (Å²) in [4.78, 5) is 11.7. The monoisotopic (exact) mass is 524 g/mol. The van der Waals surface area contributed by atoms with E-state index in [4.69, 9.17) is 25.8 Å². The van der Waals surface area contributed by atoms with E-state index in [9.17, 15) is 19.0 Å². The van der Waals surface area contributed by atoms with Gasteiger partial charge < -0.3 is 34.7 Å². The van der Waals surface area contributed by atoms with Crippen LogP contribution in [0.1, 0.15) is 31.4 Å². The second kappa shape index (κ2) is 9.71. The molecule has 4 N–H and O–H groups in total. The molecule has 2 fully saturated rings. The van der Waals surface area contributed by atoms with Gasteiger partial charge in [-0.25, -0.2) is 13.8 Å². The number of rotatable bonds is 8. The highest BCUT2D eigenvalue weighted by atomic mass is 35.5. The van der Waals surface area contributed by atoms with E-state index in [1.807, 2.05) is 0 Å². The molecule has 0 radical (unpaired) electrons. The van der Waals surface area contributed by atoms with Gasteiger partial charge in [0, 0.05) is 12.1 Å². The number of aromatic nitrogens is 3. The summed E-state index contributed by atoms with van der Waals surface area (Å²) in [5, 5.41) is 22.8. The summed E-state index contributed by atoms with van der Waals surface area (Å²) in [6.45, 7) is 3.55. The molecule has 0 unspecified atom stereocenters. The summed E-state index contributed by atoms with van der Waals surface area (Å²) in [5.41, 5.74) is 0.194. The normalized spacial score (nSPS) is 23.9. The van der Waals surface area contributed by atoms with Gasteiger partial charge in [0.2, 0.25) is 0 Å². The van der Waals surface area contributed by atoms with Crippen molar-refractivity contribution in [3.05, 3.63) is 46.0 Å². The van der Waals surface area contributed by atoms with Crippen LogP contribution in [0.15, 0.2) is 18.2 Å². The molecule has 12 heteroatoms. The van der Waals surface area contributed by atoms with Gasteiger partial charge in [-0.3, -0.25) is 0 Å². The first-order valence-electron chi connectivity index (χ1n) is 11.6. The van der Waals surface area contributed by atoms with Crippen LogP contribution in [0.2, 0.25) is 5.02 Å². The van der Waals surface area contributed by atoms with Crippen LogP contribution in [0.25, 0.3) is 11.2 Å². The van der Waals surface area contributed by atoms with Crippen LogP contribution in [0, 0.1) is 11.6 Å². The van der Waals surface area contributed by atoms with E-state index in [1.54, 1.807) is 19.9 Å². The Morgan fingerprint density at radius 3 is 2.61 bits per heavy atom. The molecule has 2 aliphatic heterocycles. The lowest BCUT2D eigenvalue weighted by Crippen LogP contribution is -2.34. The molecule has 4 heterocycles. The number of benzene rings is 1. The van der Waals surface area contributed by atoms with Crippen LogP contribution >= 0.6 is 11.6 Å². The molecule has 0 aliphatic carbocycles. The number of H-pyrrole nitrogens is 1. The summed E-state index contributed by atoms with van der Waals surface area (Å²) in [5.74, 6) is -1.19. The number of halogens is 3. The predicted octanol–water partition coefficient (Wildman–Crippen LogP) is 3.11. The number of pyridine rings is 1. The standard InChI is InChI=1S/C24H27ClF2N4O5/c1-24(2,33)4-3-11-5-14(26)12(15(27)6-11)8-28-21-13(25)7-16-22(30-21)31-23(29-16)36-18-10-35-19-17(32)9-34-20(18)19/h5-7,17-20,32-33H,3-4,8-10H2,1-2H3,(H2,28,29,30,31)/t17-,18-,19-,20-/m1/s1. The number of aromatic amines is 1. The lowest BCUT2D eigenvalue weighted by molar-refractivity contribution is 0.00706. The van der Waals surface area contributed by atoms with Gasteiger partial charge in [0.15, 0.2) is 11.8 Å².